The summed E-state index contributed by atoms with van der Waals surface area (Å²) in [5.74, 6) is -0.664. The van der Waals surface area contributed by atoms with Gasteiger partial charge in [-0.15, -0.1) is 11.3 Å². The number of aromatic nitrogens is 1. The van der Waals surface area contributed by atoms with Crippen molar-refractivity contribution < 1.29 is 13.2 Å². The molecule has 5 nitrogen and oxygen atoms in total. The first-order chi connectivity index (χ1) is 12.2. The van der Waals surface area contributed by atoms with Crippen LogP contribution in [-0.4, -0.2) is 24.1 Å². The van der Waals surface area contributed by atoms with E-state index in [0.29, 0.717) is 5.13 Å². The van der Waals surface area contributed by atoms with Gasteiger partial charge in [-0.25, -0.2) is 13.4 Å². The number of anilines is 1. The summed E-state index contributed by atoms with van der Waals surface area (Å²) in [6.45, 7) is 10.7. The number of hydrogen-bond donors (Lipinski definition) is 1. The third-order valence-electron chi connectivity index (χ3n) is 4.12. The van der Waals surface area contributed by atoms with Gasteiger partial charge in [-0.1, -0.05) is 44.0 Å². The van der Waals surface area contributed by atoms with E-state index in [1.54, 1.807) is 0 Å². The Balaban J connectivity index is 2.35. The maximum atomic E-state index is 13.0. The molecule has 0 saturated heterocycles. The van der Waals surface area contributed by atoms with Crippen LogP contribution in [0.5, 0.6) is 0 Å². The average Bonchev–Trinajstić information content (AvgIpc) is 2.90. The molecule has 0 unspecified atom stereocenters. The topological polar surface area (TPSA) is 76.1 Å². The molecule has 0 spiro atoms. The van der Waals surface area contributed by atoms with Crippen molar-refractivity contribution in [3.05, 3.63) is 38.8 Å². The largest absolute Gasteiger partial charge is 0.301 e. The van der Waals surface area contributed by atoms with Gasteiger partial charge in [0.05, 0.1) is 20.6 Å². The first-order valence-electron chi connectivity index (χ1n) is 8.17. The van der Waals surface area contributed by atoms with Gasteiger partial charge in [0.2, 0.25) is 5.91 Å². The van der Waals surface area contributed by atoms with Crippen LogP contribution >= 0.6 is 34.5 Å². The highest BCUT2D eigenvalue weighted by Crippen LogP contribution is 2.35. The average molecular weight is 449 g/mol. The van der Waals surface area contributed by atoms with Crippen molar-refractivity contribution in [3.8, 4) is 0 Å². The number of nitrogens with zero attached hydrogens (tertiary/aromatic N) is 1. The van der Waals surface area contributed by atoms with Gasteiger partial charge < -0.3 is 5.32 Å². The molecule has 0 aliphatic carbocycles. The molecule has 1 N–H and O–H groups in total. The zero-order chi connectivity index (χ0) is 20.8. The Bertz CT molecular complexity index is 991. The SMILES string of the molecule is Cc1nc(NC(=O)C(C)(C)S(=O)(=O)c2ccc(Cl)c(Cl)c2)sc1C(C)(C)C. The van der Waals surface area contributed by atoms with Gasteiger partial charge in [-0.3, -0.25) is 4.79 Å². The van der Waals surface area contributed by atoms with Crippen LogP contribution in [0.4, 0.5) is 5.13 Å². The number of hydrogen-bond acceptors (Lipinski definition) is 5. The summed E-state index contributed by atoms with van der Waals surface area (Å²) in [4.78, 5) is 18.1. The standard InChI is InChI=1S/C18H22Cl2N2O3S2/c1-10-14(17(2,3)4)26-16(21-10)22-15(23)18(5,6)27(24,25)11-7-8-12(19)13(20)9-11/h7-9H,1-6H3,(H,21,22,23). The first kappa shape index (κ1) is 22.1. The van der Waals surface area contributed by atoms with Crippen molar-refractivity contribution >= 4 is 55.4 Å². The van der Waals surface area contributed by atoms with Gasteiger partial charge in [-0.2, -0.15) is 0 Å². The molecule has 0 bridgehead atoms. The van der Waals surface area contributed by atoms with Crippen LogP contribution in [0.1, 0.15) is 45.2 Å². The molecule has 1 aromatic heterocycles. The van der Waals surface area contributed by atoms with Crippen molar-refractivity contribution in [2.75, 3.05) is 5.32 Å². The molecule has 0 fully saturated rings. The maximum absolute atomic E-state index is 13.0. The molecule has 0 atom stereocenters. The highest BCUT2D eigenvalue weighted by molar-refractivity contribution is 7.93. The molecular formula is C18H22Cl2N2O3S2. The number of rotatable bonds is 4. The molecule has 1 heterocycles. The van der Waals surface area contributed by atoms with Crippen molar-refractivity contribution in [2.45, 2.75) is 56.6 Å². The number of nitrogens with one attached hydrogen (secondary N) is 1. The van der Waals surface area contributed by atoms with Crippen LogP contribution < -0.4 is 5.32 Å². The lowest BCUT2D eigenvalue weighted by Crippen LogP contribution is -2.44. The minimum absolute atomic E-state index is 0.0669. The lowest BCUT2D eigenvalue weighted by molar-refractivity contribution is -0.117. The summed E-state index contributed by atoms with van der Waals surface area (Å²) in [7, 11) is -4.01. The molecule has 0 radical (unpaired) electrons. The Morgan fingerprint density at radius 1 is 1.11 bits per heavy atom. The monoisotopic (exact) mass is 448 g/mol. The second-order valence-corrected chi connectivity index (χ2v) is 12.0. The second kappa shape index (κ2) is 7.35. The number of halogens is 2. The smallest absolute Gasteiger partial charge is 0.247 e. The van der Waals surface area contributed by atoms with Crippen LogP contribution in [0.25, 0.3) is 0 Å². The number of carbonyl (C=O) groups is 1. The van der Waals surface area contributed by atoms with E-state index in [4.69, 9.17) is 23.2 Å². The molecule has 2 rings (SSSR count). The maximum Gasteiger partial charge on any atom is 0.247 e. The van der Waals surface area contributed by atoms with Gasteiger partial charge >= 0.3 is 0 Å². The highest BCUT2D eigenvalue weighted by atomic mass is 35.5. The molecule has 9 heteroatoms. The summed E-state index contributed by atoms with van der Waals surface area (Å²) >= 11 is 13.1. The first-order valence-corrected chi connectivity index (χ1v) is 11.2. The fourth-order valence-corrected chi connectivity index (χ4v) is 5.24. The van der Waals surface area contributed by atoms with Gasteiger partial charge in [0.1, 0.15) is 4.75 Å². The Labute approximate surface area is 174 Å². The number of amides is 1. The Hall–Kier alpha value is -1.15. The van der Waals surface area contributed by atoms with E-state index in [1.807, 2.05) is 6.92 Å². The molecule has 0 aliphatic heterocycles. The molecule has 27 heavy (non-hydrogen) atoms. The van der Waals surface area contributed by atoms with E-state index in [2.05, 4.69) is 31.1 Å². The van der Waals surface area contributed by atoms with E-state index in [1.165, 1.54) is 43.4 Å². The lowest BCUT2D eigenvalue weighted by atomic mass is 9.94. The zero-order valence-corrected chi connectivity index (χ0v) is 19.1. The molecule has 148 valence electrons. The van der Waals surface area contributed by atoms with Gasteiger partial charge in [-0.05, 0) is 44.4 Å². The summed E-state index contributed by atoms with van der Waals surface area (Å²) in [6, 6.07) is 3.98. The number of aryl methyl sites for hydroxylation is 1. The molecule has 1 aromatic carbocycles. The number of carbonyl (C=O) groups excluding carboxylic acids is 1. The fraction of sp³-hybridized carbons (Fsp3) is 0.444. The predicted octanol–water partition coefficient (Wildman–Crippen LogP) is 5.25. The highest BCUT2D eigenvalue weighted by Gasteiger charge is 2.43. The second-order valence-electron chi connectivity index (χ2n) is 7.73. The lowest BCUT2D eigenvalue weighted by Gasteiger charge is -2.23. The quantitative estimate of drug-likeness (QED) is 0.692. The number of sulfone groups is 1. The van der Waals surface area contributed by atoms with Crippen LogP contribution in [-0.2, 0) is 20.0 Å². The Kier molecular flexibility index (Phi) is 6.03. The van der Waals surface area contributed by atoms with Crippen molar-refractivity contribution in [2.24, 2.45) is 0 Å². The van der Waals surface area contributed by atoms with Crippen LogP contribution in [0.2, 0.25) is 10.0 Å². The van der Waals surface area contributed by atoms with Gasteiger partial charge in [0.25, 0.3) is 0 Å². The van der Waals surface area contributed by atoms with E-state index in [9.17, 15) is 13.2 Å². The normalized spacial score (nSPS) is 12.9. The number of benzene rings is 1. The predicted molar refractivity (Wildman–Crippen MR) is 112 cm³/mol. The van der Waals surface area contributed by atoms with E-state index in [-0.39, 0.29) is 20.4 Å². The van der Waals surface area contributed by atoms with E-state index in [0.717, 1.165) is 10.6 Å². The number of thiazole rings is 1. The zero-order valence-electron chi connectivity index (χ0n) is 16.0. The van der Waals surface area contributed by atoms with Gasteiger partial charge in [0, 0.05) is 4.88 Å². The molecule has 1 amide bonds. The van der Waals surface area contributed by atoms with Crippen LogP contribution in [0.15, 0.2) is 23.1 Å². The minimum Gasteiger partial charge on any atom is -0.301 e. The Morgan fingerprint density at radius 2 is 1.70 bits per heavy atom. The van der Waals surface area contributed by atoms with E-state index < -0.39 is 20.5 Å². The summed E-state index contributed by atoms with van der Waals surface area (Å²) in [5.41, 5.74) is 0.694. The van der Waals surface area contributed by atoms with Crippen molar-refractivity contribution in [3.63, 3.8) is 0 Å². The van der Waals surface area contributed by atoms with Gasteiger partial charge in [0.15, 0.2) is 15.0 Å². The molecule has 0 aliphatic rings. The molecular weight excluding hydrogens is 427 g/mol. The third kappa shape index (κ3) is 4.31. The minimum atomic E-state index is -4.01. The summed E-state index contributed by atoms with van der Waals surface area (Å²) in [6.07, 6.45) is 0. The van der Waals surface area contributed by atoms with Crippen LogP contribution in [0, 0.1) is 6.92 Å². The molecule has 2 aromatic rings. The fourth-order valence-electron chi connectivity index (χ4n) is 2.45. The molecule has 0 saturated carbocycles. The van der Waals surface area contributed by atoms with Crippen LogP contribution in [0.3, 0.4) is 0 Å². The van der Waals surface area contributed by atoms with E-state index >= 15 is 0 Å². The van der Waals surface area contributed by atoms with Crippen molar-refractivity contribution in [1.82, 2.24) is 4.98 Å². The summed E-state index contributed by atoms with van der Waals surface area (Å²) < 4.78 is 24.3. The third-order valence-corrected chi connectivity index (χ3v) is 8.76. The summed E-state index contributed by atoms with van der Waals surface area (Å²) in [5, 5.41) is 3.37. The Morgan fingerprint density at radius 3 is 2.19 bits per heavy atom. The van der Waals surface area contributed by atoms with Crippen molar-refractivity contribution in [1.29, 1.82) is 0 Å².